The van der Waals surface area contributed by atoms with Crippen LogP contribution < -0.4 is 20.9 Å². The Kier molecular flexibility index (Phi) is 10.3. The summed E-state index contributed by atoms with van der Waals surface area (Å²) in [5.74, 6) is -17.1. The number of nitrogens with one attached hydrogen (secondary N) is 4. The lowest BCUT2D eigenvalue weighted by Crippen LogP contribution is -2.57. The van der Waals surface area contributed by atoms with Crippen LogP contribution in [0.5, 0.6) is 0 Å². The van der Waals surface area contributed by atoms with Crippen LogP contribution in [0.2, 0.25) is 0 Å². The highest BCUT2D eigenvalue weighted by Gasteiger charge is 2.67. The second-order valence-corrected chi connectivity index (χ2v) is 12.9. The zero-order valence-electron chi connectivity index (χ0n) is 23.9. The maximum atomic E-state index is 13.5. The number of rotatable bonds is 12. The summed E-state index contributed by atoms with van der Waals surface area (Å²) in [5, 5.41) is 11.0. The average molecular weight is 619 g/mol. The van der Waals surface area contributed by atoms with Gasteiger partial charge in [0, 0.05) is 17.8 Å². The first-order valence-electron chi connectivity index (χ1n) is 12.7. The van der Waals surface area contributed by atoms with Crippen molar-refractivity contribution in [3.8, 4) is 0 Å². The number of halogens is 4. The van der Waals surface area contributed by atoms with Crippen molar-refractivity contribution in [1.29, 1.82) is 0 Å². The molecule has 2 rings (SSSR count). The number of alkyl halides is 4. The van der Waals surface area contributed by atoms with Crippen LogP contribution in [-0.2, 0) is 24.4 Å². The number of benzene rings is 2. The molecule has 15 heteroatoms. The first-order valence-corrected chi connectivity index (χ1v) is 14.1. The van der Waals surface area contributed by atoms with Gasteiger partial charge in [-0.15, -0.1) is 0 Å². The van der Waals surface area contributed by atoms with E-state index in [0.29, 0.717) is 16.8 Å². The van der Waals surface area contributed by atoms with E-state index in [1.54, 1.807) is 19.9 Å². The second-order valence-electron chi connectivity index (χ2n) is 11.3. The van der Waals surface area contributed by atoms with Crippen molar-refractivity contribution in [3.63, 3.8) is 0 Å². The predicted molar refractivity (Wildman–Crippen MR) is 149 cm³/mol. The van der Waals surface area contributed by atoms with Gasteiger partial charge in [-0.3, -0.25) is 25.2 Å². The van der Waals surface area contributed by atoms with Crippen molar-refractivity contribution < 1.29 is 45.5 Å². The van der Waals surface area contributed by atoms with Crippen LogP contribution in [0.25, 0.3) is 0 Å². The minimum Gasteiger partial charge on any atom is -0.477 e. The van der Waals surface area contributed by atoms with Crippen molar-refractivity contribution in [2.45, 2.75) is 71.1 Å². The number of carboxylic acid groups (broad SMARTS) is 1. The van der Waals surface area contributed by atoms with E-state index in [4.69, 9.17) is 5.11 Å². The molecule has 42 heavy (non-hydrogen) atoms. The molecule has 0 heterocycles. The first kappa shape index (κ1) is 34.3. The monoisotopic (exact) mass is 618 g/mol. The Morgan fingerprint density at radius 2 is 1.45 bits per heavy atom. The van der Waals surface area contributed by atoms with Crippen LogP contribution in [0.3, 0.4) is 0 Å². The Labute approximate surface area is 241 Å². The number of aryl methyl sites for hydroxylation is 2. The highest BCUT2D eigenvalue weighted by molar-refractivity contribution is 7.92. The molecule has 2 amide bonds. The summed E-state index contributed by atoms with van der Waals surface area (Å²) in [4.78, 5) is 34.4. The summed E-state index contributed by atoms with van der Waals surface area (Å²) in [5.41, 5.74) is 4.57. The van der Waals surface area contributed by atoms with Crippen molar-refractivity contribution in [2.75, 3.05) is 15.5 Å². The molecule has 0 fully saturated rings. The summed E-state index contributed by atoms with van der Waals surface area (Å²) in [7, 11) is -4.18. The number of amides is 2. The normalized spacial score (nSPS) is 13.2. The number of carbonyl (C=O) groups is 3. The summed E-state index contributed by atoms with van der Waals surface area (Å²) < 4.78 is 82.1. The van der Waals surface area contributed by atoms with Gasteiger partial charge in [-0.2, -0.15) is 17.6 Å². The largest absolute Gasteiger partial charge is 0.477 e. The number of hydrogen-bond acceptors (Lipinski definition) is 6. The second kappa shape index (κ2) is 12.5. The molecular weight excluding hydrogens is 584 g/mol. The van der Waals surface area contributed by atoms with E-state index in [-0.39, 0.29) is 39.9 Å². The van der Waals surface area contributed by atoms with Gasteiger partial charge in [0.2, 0.25) is 5.91 Å². The van der Waals surface area contributed by atoms with Crippen LogP contribution in [-0.4, -0.2) is 43.2 Å². The van der Waals surface area contributed by atoms with Crippen LogP contribution in [0, 0.1) is 25.2 Å². The number of hydrazine groups is 1. The van der Waals surface area contributed by atoms with Gasteiger partial charge < -0.3 is 10.4 Å². The van der Waals surface area contributed by atoms with Crippen LogP contribution in [0.1, 0.15) is 51.7 Å². The van der Waals surface area contributed by atoms with Gasteiger partial charge in [-0.1, -0.05) is 33.8 Å². The third-order valence-electron chi connectivity index (χ3n) is 5.99. The first-order chi connectivity index (χ1) is 19.1. The maximum absolute atomic E-state index is 13.5. The molecule has 1 atom stereocenters. The van der Waals surface area contributed by atoms with Gasteiger partial charge >= 0.3 is 23.7 Å². The van der Waals surface area contributed by atoms with Crippen LogP contribution in [0.15, 0.2) is 41.3 Å². The summed E-state index contributed by atoms with van der Waals surface area (Å²) in [6, 6.07) is 7.62. The Hall–Kier alpha value is -3.88. The number of sulfonamides is 1. The third-order valence-corrected chi connectivity index (χ3v) is 7.51. The van der Waals surface area contributed by atoms with E-state index >= 15 is 0 Å². The Balaban J connectivity index is 2.13. The highest BCUT2D eigenvalue weighted by Crippen LogP contribution is 2.35. The van der Waals surface area contributed by atoms with Gasteiger partial charge in [0.25, 0.3) is 10.0 Å². The molecule has 0 saturated carbocycles. The standard InChI is InChI=1S/C27H34F4N4O6S/c1-15(14-25(4,5)6)11-22(36)32-20-13-21(17(3)12-16(20)2)42(40,41)35-19-9-7-18(8-10-19)33-34-23(37)26(28,29)27(30,31)24(38)39/h7-10,12-13,15,33,35H,11,14H2,1-6H3,(H,32,36)(H,34,37)(H,38,39). The van der Waals surface area contributed by atoms with Crippen molar-refractivity contribution >= 4 is 44.9 Å². The predicted octanol–water partition coefficient (Wildman–Crippen LogP) is 5.30. The van der Waals surface area contributed by atoms with E-state index < -0.39 is 33.7 Å². The SMILES string of the molecule is Cc1cc(C)c(S(=O)(=O)Nc2ccc(NNC(=O)C(F)(F)C(F)(F)C(=O)O)cc2)cc1NC(=O)CC(C)CC(C)(C)C. The summed E-state index contributed by atoms with van der Waals surface area (Å²) >= 11 is 0. The van der Waals surface area contributed by atoms with E-state index in [1.807, 2.05) is 12.3 Å². The van der Waals surface area contributed by atoms with Crippen molar-refractivity contribution in [2.24, 2.45) is 11.3 Å². The van der Waals surface area contributed by atoms with Gasteiger partial charge in [0.15, 0.2) is 0 Å². The van der Waals surface area contributed by atoms with Crippen LogP contribution >= 0.6 is 0 Å². The molecule has 0 radical (unpaired) electrons. The lowest BCUT2D eigenvalue weighted by Gasteiger charge is -2.23. The van der Waals surface area contributed by atoms with Gasteiger partial charge in [-0.25, -0.2) is 13.2 Å². The van der Waals surface area contributed by atoms with Crippen LogP contribution in [0.4, 0.5) is 34.6 Å². The fourth-order valence-electron chi connectivity index (χ4n) is 4.21. The molecule has 0 aliphatic rings. The molecule has 0 aliphatic heterocycles. The Morgan fingerprint density at radius 3 is 1.98 bits per heavy atom. The molecule has 10 nitrogen and oxygen atoms in total. The quantitative estimate of drug-likeness (QED) is 0.160. The molecule has 0 aromatic heterocycles. The zero-order chi connectivity index (χ0) is 32.3. The van der Waals surface area contributed by atoms with Gasteiger partial charge in [-0.05, 0) is 73.1 Å². The topological polar surface area (TPSA) is 154 Å². The fraction of sp³-hybridized carbons (Fsp3) is 0.444. The van der Waals surface area contributed by atoms with Gasteiger partial charge in [0.1, 0.15) is 0 Å². The molecule has 0 bridgehead atoms. The van der Waals surface area contributed by atoms with E-state index in [9.17, 15) is 40.4 Å². The number of carbonyl (C=O) groups excluding carboxylic acids is 2. The molecular formula is C27H34F4N4O6S. The molecule has 0 saturated heterocycles. The molecule has 232 valence electrons. The molecule has 0 aliphatic carbocycles. The minimum atomic E-state index is -5.65. The Morgan fingerprint density at radius 1 is 0.905 bits per heavy atom. The van der Waals surface area contributed by atoms with Crippen molar-refractivity contribution in [1.82, 2.24) is 5.43 Å². The molecule has 2 aromatic rings. The lowest BCUT2D eigenvalue weighted by molar-refractivity contribution is -0.222. The summed E-state index contributed by atoms with van der Waals surface area (Å²) in [6.45, 7) is 11.5. The van der Waals surface area contributed by atoms with Crippen molar-refractivity contribution in [3.05, 3.63) is 47.5 Å². The smallest absolute Gasteiger partial charge is 0.413 e. The Bertz CT molecular complexity index is 1440. The van der Waals surface area contributed by atoms with E-state index in [2.05, 4.69) is 30.8 Å². The third kappa shape index (κ3) is 8.57. The molecule has 0 spiro atoms. The minimum absolute atomic E-state index is 0.0242. The molecule has 1 unspecified atom stereocenters. The van der Waals surface area contributed by atoms with E-state index in [0.717, 1.165) is 18.6 Å². The number of hydrogen-bond donors (Lipinski definition) is 5. The average Bonchev–Trinajstić information content (AvgIpc) is 2.83. The number of aliphatic carboxylic acids is 1. The summed E-state index contributed by atoms with van der Waals surface area (Å²) in [6.07, 6.45) is 1.08. The zero-order valence-corrected chi connectivity index (χ0v) is 24.7. The maximum Gasteiger partial charge on any atom is 0.413 e. The molecule has 2 aromatic carbocycles. The van der Waals surface area contributed by atoms with E-state index in [1.165, 1.54) is 23.6 Å². The number of carboxylic acids is 1. The highest BCUT2D eigenvalue weighted by atomic mass is 32.2. The van der Waals surface area contributed by atoms with Gasteiger partial charge in [0.05, 0.1) is 10.6 Å². The molecule has 5 N–H and O–H groups in total. The fourth-order valence-corrected chi connectivity index (χ4v) is 5.52. The lowest BCUT2D eigenvalue weighted by atomic mass is 9.84. The number of anilines is 3.